The number of ether oxygens (including phenoxy) is 4. The van der Waals surface area contributed by atoms with Crippen molar-refractivity contribution in [1.82, 2.24) is 0 Å². The Labute approximate surface area is 302 Å². The summed E-state index contributed by atoms with van der Waals surface area (Å²) in [5, 5.41) is 23.6. The van der Waals surface area contributed by atoms with E-state index in [1.807, 2.05) is 74.5 Å². The summed E-state index contributed by atoms with van der Waals surface area (Å²) in [7, 11) is 0. The molecule has 0 saturated carbocycles. The molecular weight excluding hydrogens is 804 g/mol. The molecule has 0 aliphatic carbocycles. The summed E-state index contributed by atoms with van der Waals surface area (Å²) in [4.78, 5) is 23.6. The van der Waals surface area contributed by atoms with E-state index in [0.29, 0.717) is 59.8 Å². The summed E-state index contributed by atoms with van der Waals surface area (Å²) in [5.41, 5.74) is 4.97. The van der Waals surface area contributed by atoms with Crippen LogP contribution in [0.25, 0.3) is 0 Å². The van der Waals surface area contributed by atoms with Gasteiger partial charge < -0.3 is 38.7 Å². The van der Waals surface area contributed by atoms with Crippen LogP contribution in [0.2, 0.25) is 0 Å². The first-order valence-corrected chi connectivity index (χ1v) is 16.7. The van der Waals surface area contributed by atoms with Crippen molar-refractivity contribution >= 4 is 11.9 Å². The average Bonchev–Trinajstić information content (AvgIpc) is 3.09. The molecule has 0 aromatic heterocycles. The van der Waals surface area contributed by atoms with Crippen LogP contribution >= 0.6 is 0 Å². The predicted molar refractivity (Wildman–Crippen MR) is 179 cm³/mol. The molecule has 0 amide bonds. The first-order valence-electron chi connectivity index (χ1n) is 16.7. The Morgan fingerprint density at radius 1 is 0.633 bits per heavy atom. The summed E-state index contributed by atoms with van der Waals surface area (Å²) < 4.78 is 23.3. The molecule has 4 aromatic rings. The molecule has 4 aromatic carbocycles. The van der Waals surface area contributed by atoms with Gasteiger partial charge in [0.1, 0.15) is 23.0 Å². The van der Waals surface area contributed by atoms with E-state index in [9.17, 15) is 19.8 Å². The van der Waals surface area contributed by atoms with E-state index in [4.69, 9.17) is 18.9 Å². The number of carbonyl (C=O) groups excluding carboxylic acids is 2. The topological polar surface area (TPSA) is 117 Å². The molecule has 0 radical (unpaired) electrons. The number of benzene rings is 4. The SMILES string of the molecule is CCCCOC(C)c1ccc2c(c1C(=O)[O-])Cc1ccccc1O2.CCCCOC(C)c1ccc2c(c1C(=O)[O-])Cc1ccccc1O2.[Pt+2]. The fourth-order valence-electron chi connectivity index (χ4n) is 6.10. The molecule has 9 heteroatoms. The van der Waals surface area contributed by atoms with E-state index in [2.05, 4.69) is 13.8 Å². The number of aromatic carboxylic acids is 2. The van der Waals surface area contributed by atoms with Gasteiger partial charge in [0.2, 0.25) is 0 Å². The number of carbonyl (C=O) groups is 2. The van der Waals surface area contributed by atoms with Crippen molar-refractivity contribution in [2.24, 2.45) is 0 Å². The third-order valence-electron chi connectivity index (χ3n) is 8.74. The molecule has 260 valence electrons. The van der Waals surface area contributed by atoms with Gasteiger partial charge >= 0.3 is 21.1 Å². The van der Waals surface area contributed by atoms with Crippen molar-refractivity contribution in [2.75, 3.05) is 13.2 Å². The average molecular weight is 846 g/mol. The van der Waals surface area contributed by atoms with Crippen LogP contribution < -0.4 is 19.7 Å². The van der Waals surface area contributed by atoms with Gasteiger partial charge in [0.25, 0.3) is 0 Å². The maximum absolute atomic E-state index is 11.8. The molecule has 8 nitrogen and oxygen atoms in total. The third kappa shape index (κ3) is 8.80. The largest absolute Gasteiger partial charge is 2.00 e. The molecule has 2 atom stereocenters. The van der Waals surface area contributed by atoms with E-state index in [1.165, 1.54) is 0 Å². The van der Waals surface area contributed by atoms with Gasteiger partial charge in [0.05, 0.1) is 24.1 Å². The fraction of sp³-hybridized carbons (Fsp3) is 0.350. The molecular formula is C40H42O8Pt. The summed E-state index contributed by atoms with van der Waals surface area (Å²) in [6.07, 6.45) is 4.41. The maximum Gasteiger partial charge on any atom is 2.00 e. The van der Waals surface area contributed by atoms with E-state index >= 15 is 0 Å². The van der Waals surface area contributed by atoms with Gasteiger partial charge in [0.15, 0.2) is 0 Å². The molecule has 2 aliphatic rings. The van der Waals surface area contributed by atoms with Crippen molar-refractivity contribution in [2.45, 2.75) is 78.4 Å². The zero-order valence-electron chi connectivity index (χ0n) is 28.3. The summed E-state index contributed by atoms with van der Waals surface area (Å²) >= 11 is 0. The number of rotatable bonds is 12. The number of unbranched alkanes of at least 4 members (excludes halogenated alkanes) is 2. The van der Waals surface area contributed by atoms with Gasteiger partial charge in [-0.15, -0.1) is 0 Å². The minimum Gasteiger partial charge on any atom is -0.545 e. The Balaban J connectivity index is 0.000000216. The number of hydrogen-bond donors (Lipinski definition) is 0. The Kier molecular flexibility index (Phi) is 13.6. The van der Waals surface area contributed by atoms with Crippen LogP contribution in [-0.4, -0.2) is 25.2 Å². The second-order valence-corrected chi connectivity index (χ2v) is 12.1. The molecule has 0 saturated heterocycles. The molecule has 2 unspecified atom stereocenters. The molecule has 2 heterocycles. The molecule has 0 N–H and O–H groups in total. The monoisotopic (exact) mass is 845 g/mol. The first kappa shape index (κ1) is 37.8. The molecule has 0 spiro atoms. The predicted octanol–water partition coefficient (Wildman–Crippen LogP) is 7.25. The Morgan fingerprint density at radius 3 is 1.39 bits per heavy atom. The van der Waals surface area contributed by atoms with E-state index in [0.717, 1.165) is 48.3 Å². The molecule has 2 aliphatic heterocycles. The zero-order chi connectivity index (χ0) is 34.2. The number of carboxylic acids is 2. The van der Waals surface area contributed by atoms with E-state index < -0.39 is 11.9 Å². The van der Waals surface area contributed by atoms with Crippen LogP contribution in [0.3, 0.4) is 0 Å². The number of carboxylic acid groups (broad SMARTS) is 2. The molecule has 0 fully saturated rings. The van der Waals surface area contributed by atoms with E-state index in [-0.39, 0.29) is 44.4 Å². The van der Waals surface area contributed by atoms with Crippen molar-refractivity contribution < 1.29 is 59.8 Å². The van der Waals surface area contributed by atoms with Crippen molar-refractivity contribution in [3.63, 3.8) is 0 Å². The van der Waals surface area contributed by atoms with Gasteiger partial charge in [-0.1, -0.05) is 75.2 Å². The van der Waals surface area contributed by atoms with Crippen LogP contribution in [0, 0.1) is 0 Å². The van der Waals surface area contributed by atoms with Crippen molar-refractivity contribution in [3.05, 3.63) is 117 Å². The van der Waals surface area contributed by atoms with Crippen LogP contribution in [0.5, 0.6) is 23.0 Å². The standard InChI is InChI=1S/2C20H22O4.Pt/c2*1-3-4-11-23-13(2)15-9-10-18-16(19(15)20(21)22)12-14-7-5-6-8-17(14)24-18;/h2*5-10,13H,3-4,11-12H2,1-2H3,(H,21,22);/q;;+2/p-2. The van der Waals surface area contributed by atoms with Crippen LogP contribution in [0.15, 0.2) is 72.8 Å². The Morgan fingerprint density at radius 2 is 1.02 bits per heavy atom. The Bertz CT molecular complexity index is 1640. The third-order valence-corrected chi connectivity index (χ3v) is 8.74. The van der Waals surface area contributed by atoms with Gasteiger partial charge in [-0.05, 0) is 73.2 Å². The van der Waals surface area contributed by atoms with Gasteiger partial charge in [-0.3, -0.25) is 0 Å². The molecule has 0 bridgehead atoms. The summed E-state index contributed by atoms with van der Waals surface area (Å²) in [5.74, 6) is 0.338. The first-order chi connectivity index (χ1) is 23.2. The number of para-hydroxylation sites is 2. The number of hydrogen-bond acceptors (Lipinski definition) is 8. The fourth-order valence-corrected chi connectivity index (χ4v) is 6.10. The van der Waals surface area contributed by atoms with E-state index in [1.54, 1.807) is 12.1 Å². The zero-order valence-corrected chi connectivity index (χ0v) is 30.6. The molecule has 6 rings (SSSR count). The van der Waals surface area contributed by atoms with Crippen LogP contribution in [0.1, 0.15) is 120 Å². The van der Waals surface area contributed by atoms with Gasteiger partial charge in [-0.2, -0.15) is 0 Å². The number of fused-ring (bicyclic) bond motifs is 4. The van der Waals surface area contributed by atoms with Crippen LogP contribution in [-0.2, 0) is 43.4 Å². The Hall–Kier alpha value is -3.97. The maximum atomic E-state index is 11.8. The quantitative estimate of drug-likeness (QED) is 0.118. The normalized spacial score (nSPS) is 13.3. The van der Waals surface area contributed by atoms with Crippen LogP contribution in [0.4, 0.5) is 0 Å². The second-order valence-electron chi connectivity index (χ2n) is 12.1. The second kappa shape index (κ2) is 17.6. The molecule has 49 heavy (non-hydrogen) atoms. The van der Waals surface area contributed by atoms with Crippen molar-refractivity contribution in [3.8, 4) is 23.0 Å². The van der Waals surface area contributed by atoms with Gasteiger partial charge in [0, 0.05) is 48.3 Å². The van der Waals surface area contributed by atoms with Crippen molar-refractivity contribution in [1.29, 1.82) is 0 Å². The van der Waals surface area contributed by atoms with Gasteiger partial charge in [-0.25, -0.2) is 0 Å². The summed E-state index contributed by atoms with van der Waals surface area (Å²) in [6, 6.07) is 22.5. The summed E-state index contributed by atoms with van der Waals surface area (Å²) in [6.45, 7) is 9.16. The smallest absolute Gasteiger partial charge is 0.545 e. The minimum absolute atomic E-state index is 0. The minimum atomic E-state index is -1.18.